The molecule has 4 nitrogen and oxygen atoms in total. The van der Waals surface area contributed by atoms with Crippen LogP contribution >= 0.6 is 0 Å². The number of rotatable bonds is 17. The van der Waals surface area contributed by atoms with Gasteiger partial charge >= 0.3 is 0 Å². The van der Waals surface area contributed by atoms with Crippen molar-refractivity contribution in [1.82, 2.24) is 6.15 Å². The molecule has 0 saturated heterocycles. The lowest BCUT2D eigenvalue weighted by molar-refractivity contribution is 0.306. The van der Waals surface area contributed by atoms with Gasteiger partial charge in [-0.25, -0.2) is 0 Å². The van der Waals surface area contributed by atoms with Crippen LogP contribution in [0.3, 0.4) is 0 Å². The summed E-state index contributed by atoms with van der Waals surface area (Å²) in [4.78, 5) is 0.251. The Morgan fingerprint density at radius 2 is 1.06 bits per heavy atom. The second kappa shape index (κ2) is 16.7. The first-order chi connectivity index (χ1) is 14.3. The van der Waals surface area contributed by atoms with E-state index in [0.29, 0.717) is 0 Å². The molecule has 5 heteroatoms. The van der Waals surface area contributed by atoms with Crippen LogP contribution in [0.2, 0.25) is 0 Å². The summed E-state index contributed by atoms with van der Waals surface area (Å²) in [7, 11) is -3.64. The molecule has 0 spiro atoms. The van der Waals surface area contributed by atoms with Gasteiger partial charge in [0.1, 0.15) is 0 Å². The van der Waals surface area contributed by atoms with Crippen LogP contribution in [0, 0.1) is 0 Å². The Balaban J connectivity index is 0.00000900. The normalized spacial score (nSPS) is 12.0. The molecular weight excluding hydrogens is 406 g/mol. The minimum atomic E-state index is -3.64. The maximum Gasteiger partial charge on any atom is 0.296 e. The van der Waals surface area contributed by atoms with Crippen LogP contribution in [0.25, 0.3) is 0 Å². The van der Waals surface area contributed by atoms with Crippen LogP contribution in [0.15, 0.2) is 29.2 Å². The summed E-state index contributed by atoms with van der Waals surface area (Å²) in [5.41, 5.74) is 1.13. The van der Waals surface area contributed by atoms with Crippen molar-refractivity contribution in [1.29, 1.82) is 0 Å². The average Bonchev–Trinajstić information content (AvgIpc) is 2.70. The van der Waals surface area contributed by atoms with Crippen molar-refractivity contribution in [3.63, 3.8) is 0 Å². The van der Waals surface area contributed by atoms with E-state index in [9.17, 15) is 8.42 Å². The van der Waals surface area contributed by atoms with E-state index in [4.69, 9.17) is 4.18 Å². The van der Waals surface area contributed by atoms with E-state index >= 15 is 0 Å². The summed E-state index contributed by atoms with van der Waals surface area (Å²) in [6, 6.07) is 7.06. The third-order valence-electron chi connectivity index (χ3n) is 5.75. The maximum atomic E-state index is 12.3. The molecule has 31 heavy (non-hydrogen) atoms. The Morgan fingerprint density at radius 1 is 0.677 bits per heavy atom. The predicted molar refractivity (Wildman–Crippen MR) is 134 cm³/mol. The Labute approximate surface area is 193 Å². The van der Waals surface area contributed by atoms with Gasteiger partial charge in [-0.1, -0.05) is 123 Å². The van der Waals surface area contributed by atoms with E-state index < -0.39 is 10.1 Å². The Morgan fingerprint density at radius 3 is 1.45 bits per heavy atom. The fourth-order valence-electron chi connectivity index (χ4n) is 3.65. The van der Waals surface area contributed by atoms with E-state index in [1.54, 1.807) is 12.1 Å². The molecule has 0 amide bonds. The number of benzene rings is 1. The van der Waals surface area contributed by atoms with Crippen molar-refractivity contribution in [3.8, 4) is 0 Å². The highest BCUT2D eigenvalue weighted by Gasteiger charge is 2.18. The van der Waals surface area contributed by atoms with Gasteiger partial charge in [-0.3, -0.25) is 4.18 Å². The lowest BCUT2D eigenvalue weighted by Crippen LogP contribution is -2.12. The molecular formula is C26H49NO3S. The highest BCUT2D eigenvalue weighted by molar-refractivity contribution is 7.86. The predicted octanol–water partition coefficient (Wildman–Crippen LogP) is 8.33. The van der Waals surface area contributed by atoms with Crippen molar-refractivity contribution in [3.05, 3.63) is 29.8 Å². The molecule has 1 aromatic carbocycles. The number of hydrogen-bond donors (Lipinski definition) is 1. The van der Waals surface area contributed by atoms with Crippen LogP contribution < -0.4 is 6.15 Å². The number of hydrogen-bond acceptors (Lipinski definition) is 4. The summed E-state index contributed by atoms with van der Waals surface area (Å²) < 4.78 is 29.8. The van der Waals surface area contributed by atoms with Crippen molar-refractivity contribution < 1.29 is 12.6 Å². The standard InChI is InChI=1S/C26H46O3S.H3N/c1-5-6-7-8-9-10-11-12-13-14-15-16-17-18-23-29-30(27,28)25-21-19-24(20-22-25)26(2,3)4;/h19-22H,5-18,23H2,1-4H3;1H3. The van der Waals surface area contributed by atoms with E-state index in [2.05, 4.69) is 27.7 Å². The van der Waals surface area contributed by atoms with E-state index in [-0.39, 0.29) is 23.1 Å². The second-order valence-electron chi connectivity index (χ2n) is 9.65. The molecule has 0 aromatic heterocycles. The molecule has 0 atom stereocenters. The Hall–Kier alpha value is -0.910. The zero-order chi connectivity index (χ0) is 22.3. The molecule has 0 aliphatic heterocycles. The van der Waals surface area contributed by atoms with Gasteiger partial charge in [0.15, 0.2) is 0 Å². The van der Waals surface area contributed by atoms with Gasteiger partial charge < -0.3 is 6.15 Å². The first kappa shape index (κ1) is 30.1. The third-order valence-corrected chi connectivity index (χ3v) is 7.07. The second-order valence-corrected chi connectivity index (χ2v) is 11.3. The lowest BCUT2D eigenvalue weighted by Gasteiger charge is -2.19. The first-order valence-electron chi connectivity index (χ1n) is 12.3. The van der Waals surface area contributed by atoms with Crippen molar-refractivity contribution in [2.75, 3.05) is 6.61 Å². The van der Waals surface area contributed by atoms with Crippen molar-refractivity contribution in [2.45, 2.75) is 128 Å². The monoisotopic (exact) mass is 455 g/mol. The van der Waals surface area contributed by atoms with Gasteiger partial charge in [-0.05, 0) is 29.5 Å². The van der Waals surface area contributed by atoms with Crippen molar-refractivity contribution in [2.24, 2.45) is 0 Å². The van der Waals surface area contributed by atoms with Gasteiger partial charge in [0, 0.05) is 0 Å². The van der Waals surface area contributed by atoms with E-state index in [1.165, 1.54) is 77.0 Å². The molecule has 3 N–H and O–H groups in total. The summed E-state index contributed by atoms with van der Waals surface area (Å²) in [6.07, 6.45) is 18.0. The van der Waals surface area contributed by atoms with Crippen LogP contribution in [0.5, 0.6) is 0 Å². The zero-order valence-electron chi connectivity index (χ0n) is 20.8. The first-order valence-corrected chi connectivity index (χ1v) is 13.7. The van der Waals surface area contributed by atoms with Crippen LogP contribution in [-0.2, 0) is 19.7 Å². The Kier molecular flexibility index (Phi) is 16.2. The van der Waals surface area contributed by atoms with Crippen LogP contribution in [0.4, 0.5) is 0 Å². The molecule has 0 fully saturated rings. The molecule has 0 heterocycles. The minimum absolute atomic E-state index is 0. The van der Waals surface area contributed by atoms with E-state index in [1.807, 2.05) is 12.1 Å². The van der Waals surface area contributed by atoms with Gasteiger partial charge in [0.25, 0.3) is 10.1 Å². The van der Waals surface area contributed by atoms with Gasteiger partial charge in [0.05, 0.1) is 11.5 Å². The largest absolute Gasteiger partial charge is 0.344 e. The highest BCUT2D eigenvalue weighted by Crippen LogP contribution is 2.24. The summed E-state index contributed by atoms with van der Waals surface area (Å²) in [6.45, 7) is 8.89. The van der Waals surface area contributed by atoms with Crippen LogP contribution in [0.1, 0.15) is 123 Å². The van der Waals surface area contributed by atoms with Gasteiger partial charge in [-0.15, -0.1) is 0 Å². The fourth-order valence-corrected chi connectivity index (χ4v) is 4.60. The summed E-state index contributed by atoms with van der Waals surface area (Å²) >= 11 is 0. The molecule has 0 unspecified atom stereocenters. The number of unbranched alkanes of at least 4 members (excludes halogenated alkanes) is 13. The molecule has 0 radical (unpaired) electrons. The smallest absolute Gasteiger partial charge is 0.296 e. The molecule has 1 aromatic rings. The lowest BCUT2D eigenvalue weighted by atomic mass is 9.87. The van der Waals surface area contributed by atoms with Gasteiger partial charge in [0.2, 0.25) is 0 Å². The zero-order valence-corrected chi connectivity index (χ0v) is 21.6. The van der Waals surface area contributed by atoms with Crippen LogP contribution in [-0.4, -0.2) is 15.0 Å². The quantitative estimate of drug-likeness (QED) is 0.189. The maximum absolute atomic E-state index is 12.3. The minimum Gasteiger partial charge on any atom is -0.344 e. The van der Waals surface area contributed by atoms with E-state index in [0.717, 1.165) is 18.4 Å². The Bertz CT molecular complexity index is 648. The molecule has 0 aliphatic carbocycles. The van der Waals surface area contributed by atoms with Crippen molar-refractivity contribution >= 4 is 10.1 Å². The SMILES string of the molecule is CCCCCCCCCCCCCCCCOS(=O)(=O)c1ccc(C(C)(C)C)cc1.N. The summed E-state index contributed by atoms with van der Waals surface area (Å²) in [5.74, 6) is 0. The molecule has 0 bridgehead atoms. The average molecular weight is 456 g/mol. The summed E-state index contributed by atoms with van der Waals surface area (Å²) in [5, 5.41) is 0. The van der Waals surface area contributed by atoms with Gasteiger partial charge in [-0.2, -0.15) is 8.42 Å². The molecule has 182 valence electrons. The highest BCUT2D eigenvalue weighted by atomic mass is 32.2. The molecule has 0 saturated carbocycles. The topological polar surface area (TPSA) is 78.4 Å². The molecule has 0 aliphatic rings. The molecule has 1 rings (SSSR count). The fraction of sp³-hybridized carbons (Fsp3) is 0.769. The third kappa shape index (κ3) is 14.0.